The van der Waals surface area contributed by atoms with Crippen molar-refractivity contribution < 1.29 is 0 Å². The van der Waals surface area contributed by atoms with Gasteiger partial charge in [0.1, 0.15) is 0 Å². The number of halogens is 1. The molecule has 2 fully saturated rings. The fourth-order valence-electron chi connectivity index (χ4n) is 4.37. The van der Waals surface area contributed by atoms with Crippen molar-refractivity contribution in [3.63, 3.8) is 0 Å². The number of fused-ring (bicyclic) bond motifs is 1. The van der Waals surface area contributed by atoms with Crippen LogP contribution in [0.1, 0.15) is 57.4 Å². The summed E-state index contributed by atoms with van der Waals surface area (Å²) < 4.78 is 0. The van der Waals surface area contributed by atoms with Crippen LogP contribution in [0.4, 0.5) is 0 Å². The second-order valence-corrected chi connectivity index (χ2v) is 6.75. The van der Waals surface area contributed by atoms with Crippen LogP contribution < -0.4 is 0 Å². The van der Waals surface area contributed by atoms with Crippen LogP contribution in [0.3, 0.4) is 0 Å². The van der Waals surface area contributed by atoms with Gasteiger partial charge in [0.05, 0.1) is 0 Å². The van der Waals surface area contributed by atoms with E-state index in [1.807, 2.05) is 0 Å². The Bertz CT molecular complexity index is 419. The first-order chi connectivity index (χ1) is 9.24. The maximum absolute atomic E-state index is 2.78. The third-order valence-corrected chi connectivity index (χ3v) is 5.74. The lowest BCUT2D eigenvalue weighted by molar-refractivity contribution is 0.00767. The summed E-state index contributed by atoms with van der Waals surface area (Å²) in [4.78, 5) is 2.78. The molecule has 2 aliphatic heterocycles. The van der Waals surface area contributed by atoms with Gasteiger partial charge in [0.2, 0.25) is 0 Å². The number of hydrogen-bond acceptors (Lipinski definition) is 1. The molecule has 2 heterocycles. The Morgan fingerprint density at radius 2 is 1.90 bits per heavy atom. The monoisotopic (exact) mass is 293 g/mol. The molecule has 1 aromatic rings. The Morgan fingerprint density at radius 1 is 1.15 bits per heavy atom. The van der Waals surface area contributed by atoms with Crippen molar-refractivity contribution in [1.82, 2.24) is 4.90 Å². The Morgan fingerprint density at radius 3 is 2.60 bits per heavy atom. The van der Waals surface area contributed by atoms with Gasteiger partial charge >= 0.3 is 0 Å². The molecule has 0 radical (unpaired) electrons. The number of piperidine rings is 2. The molecule has 0 N–H and O–H groups in total. The number of hydrogen-bond donors (Lipinski definition) is 0. The Balaban J connectivity index is 0.00000147. The van der Waals surface area contributed by atoms with Crippen LogP contribution in [0.2, 0.25) is 0 Å². The van der Waals surface area contributed by atoms with Crippen molar-refractivity contribution in [1.29, 1.82) is 0 Å². The van der Waals surface area contributed by atoms with E-state index >= 15 is 0 Å². The number of nitrogens with zero attached hydrogens (tertiary/aromatic N) is 1. The average Bonchev–Trinajstić information content (AvgIpc) is 2.48. The molecule has 1 aromatic carbocycles. The maximum atomic E-state index is 2.78. The summed E-state index contributed by atoms with van der Waals surface area (Å²) in [7, 11) is 0. The van der Waals surface area contributed by atoms with Gasteiger partial charge in [0, 0.05) is 12.0 Å². The van der Waals surface area contributed by atoms with Crippen molar-refractivity contribution in [2.45, 2.75) is 57.9 Å². The summed E-state index contributed by atoms with van der Waals surface area (Å²) in [5, 5.41) is 0. The first kappa shape index (κ1) is 15.9. The highest BCUT2D eigenvalue weighted by Crippen LogP contribution is 2.50. The molecule has 0 amide bonds. The largest absolute Gasteiger partial charge is 0.300 e. The minimum atomic E-state index is 0. The zero-order valence-electron chi connectivity index (χ0n) is 12.8. The minimum Gasteiger partial charge on any atom is -0.300 e. The molecule has 3 rings (SSSR count). The molecule has 0 unspecified atom stereocenters. The van der Waals surface area contributed by atoms with Gasteiger partial charge in [-0.25, -0.2) is 0 Å². The van der Waals surface area contributed by atoms with Crippen LogP contribution in [0.5, 0.6) is 0 Å². The Hall–Kier alpha value is -0.530. The summed E-state index contributed by atoms with van der Waals surface area (Å²) in [6, 6.07) is 12.1. The molecule has 0 spiro atoms. The highest BCUT2D eigenvalue weighted by molar-refractivity contribution is 5.85. The third kappa shape index (κ3) is 2.76. The minimum absolute atomic E-state index is 0. The fourth-order valence-corrected chi connectivity index (χ4v) is 4.37. The predicted molar refractivity (Wildman–Crippen MR) is 88.7 cm³/mol. The quantitative estimate of drug-likeness (QED) is 0.752. The van der Waals surface area contributed by atoms with Crippen LogP contribution in [0.25, 0.3) is 0 Å². The molecule has 0 bridgehead atoms. The molecule has 20 heavy (non-hydrogen) atoms. The average molecular weight is 294 g/mol. The molecule has 2 aliphatic rings. The summed E-state index contributed by atoms with van der Waals surface area (Å²) >= 11 is 0. The molecule has 0 aromatic heterocycles. The van der Waals surface area contributed by atoms with Crippen molar-refractivity contribution >= 4 is 12.4 Å². The fraction of sp³-hybridized carbons (Fsp3) is 0.667. The summed E-state index contributed by atoms with van der Waals surface area (Å²) in [6.07, 6.45) is 6.89. The third-order valence-electron chi connectivity index (χ3n) is 5.74. The highest BCUT2D eigenvalue weighted by Gasteiger charge is 2.45. The van der Waals surface area contributed by atoms with E-state index in [4.69, 9.17) is 0 Å². The molecule has 1 nitrogen and oxygen atoms in total. The van der Waals surface area contributed by atoms with Crippen molar-refractivity contribution in [3.8, 4) is 0 Å². The van der Waals surface area contributed by atoms with Gasteiger partial charge in [-0.3, -0.25) is 4.90 Å². The highest BCUT2D eigenvalue weighted by atomic mass is 35.5. The molecule has 0 aliphatic carbocycles. The Labute approximate surface area is 130 Å². The first-order valence-corrected chi connectivity index (χ1v) is 8.03. The van der Waals surface area contributed by atoms with Gasteiger partial charge in [-0.1, -0.05) is 57.0 Å². The Kier molecular flexibility index (Phi) is 5.14. The van der Waals surface area contributed by atoms with Gasteiger partial charge in [0.15, 0.2) is 0 Å². The lowest BCUT2D eigenvalue weighted by Gasteiger charge is -2.53. The first-order valence-electron chi connectivity index (χ1n) is 8.03. The standard InChI is InChI=1S/C18H27N.ClH/c1-3-18(2)12-14-19-13-8-7-11-16(19)17(18)15-9-5-4-6-10-15;/h4-6,9-10,16-17H,3,7-8,11-14H2,1-2H3;1H/t16-,17-,18+;/m1./s1. The van der Waals surface area contributed by atoms with E-state index in [0.29, 0.717) is 5.41 Å². The van der Waals surface area contributed by atoms with E-state index in [1.165, 1.54) is 45.2 Å². The van der Waals surface area contributed by atoms with Gasteiger partial charge in [-0.05, 0) is 43.3 Å². The van der Waals surface area contributed by atoms with E-state index in [2.05, 4.69) is 49.1 Å². The number of benzene rings is 1. The van der Waals surface area contributed by atoms with Crippen molar-refractivity contribution in [2.75, 3.05) is 13.1 Å². The van der Waals surface area contributed by atoms with Crippen LogP contribution in [-0.2, 0) is 0 Å². The molecule has 2 heteroatoms. The van der Waals surface area contributed by atoms with E-state index in [1.54, 1.807) is 5.56 Å². The van der Waals surface area contributed by atoms with E-state index in [0.717, 1.165) is 12.0 Å². The zero-order valence-corrected chi connectivity index (χ0v) is 13.7. The molecule has 0 saturated carbocycles. The normalized spacial score (nSPS) is 34.1. The lowest BCUT2D eigenvalue weighted by atomic mass is 9.62. The van der Waals surface area contributed by atoms with Gasteiger partial charge < -0.3 is 0 Å². The van der Waals surface area contributed by atoms with Gasteiger partial charge in [-0.15, -0.1) is 12.4 Å². The zero-order chi connectivity index (χ0) is 13.3. The summed E-state index contributed by atoms with van der Waals surface area (Å²) in [6.45, 7) is 7.55. The van der Waals surface area contributed by atoms with E-state index in [9.17, 15) is 0 Å². The topological polar surface area (TPSA) is 3.24 Å². The van der Waals surface area contributed by atoms with E-state index < -0.39 is 0 Å². The molecule has 3 atom stereocenters. The van der Waals surface area contributed by atoms with Gasteiger partial charge in [0.25, 0.3) is 0 Å². The molecule has 2 saturated heterocycles. The maximum Gasteiger partial charge on any atom is 0.0169 e. The molecular formula is C18H28ClN. The van der Waals surface area contributed by atoms with Crippen LogP contribution in [-0.4, -0.2) is 24.0 Å². The SMILES string of the molecule is CC[C@@]1(C)CCN2CCCC[C@@H]2[C@H]1c1ccccc1.Cl. The van der Waals surface area contributed by atoms with Crippen molar-refractivity contribution in [2.24, 2.45) is 5.41 Å². The predicted octanol–water partition coefficient (Wildman–Crippen LogP) is 4.87. The van der Waals surface area contributed by atoms with Crippen molar-refractivity contribution in [3.05, 3.63) is 35.9 Å². The second kappa shape index (κ2) is 6.49. The lowest BCUT2D eigenvalue weighted by Crippen LogP contribution is -2.53. The smallest absolute Gasteiger partial charge is 0.0169 e. The van der Waals surface area contributed by atoms with Crippen LogP contribution in [0.15, 0.2) is 30.3 Å². The molecular weight excluding hydrogens is 266 g/mol. The van der Waals surface area contributed by atoms with Crippen LogP contribution in [0, 0.1) is 5.41 Å². The molecule has 112 valence electrons. The van der Waals surface area contributed by atoms with E-state index in [-0.39, 0.29) is 12.4 Å². The second-order valence-electron chi connectivity index (χ2n) is 6.75. The summed E-state index contributed by atoms with van der Waals surface area (Å²) in [5.74, 6) is 0.729. The number of rotatable bonds is 2. The van der Waals surface area contributed by atoms with Crippen LogP contribution >= 0.6 is 12.4 Å². The summed E-state index contributed by atoms with van der Waals surface area (Å²) in [5.41, 5.74) is 2.06. The van der Waals surface area contributed by atoms with Gasteiger partial charge in [-0.2, -0.15) is 0 Å².